The largest absolute Gasteiger partial charge is 0.489 e. The molecule has 0 aliphatic carbocycles. The van der Waals surface area contributed by atoms with Crippen molar-refractivity contribution in [1.82, 2.24) is 4.90 Å². The standard InChI is InChI=1S/C19H21NO3/c21-17-7-4-12-20(13-17)19(22)16-8-10-18(11-9-16)23-14-15-5-2-1-3-6-15/h1-3,5-6,8-11,17,21H,4,7,12-14H2. The number of likely N-dealkylation sites (tertiary alicyclic amines) is 1. The third kappa shape index (κ3) is 4.11. The molecule has 1 fully saturated rings. The Labute approximate surface area is 136 Å². The number of hydrogen-bond donors (Lipinski definition) is 1. The number of nitrogens with zero attached hydrogens (tertiary/aromatic N) is 1. The second kappa shape index (κ2) is 7.29. The Balaban J connectivity index is 1.59. The van der Waals surface area contributed by atoms with Crippen LogP contribution in [0.4, 0.5) is 0 Å². The summed E-state index contributed by atoms with van der Waals surface area (Å²) in [5.74, 6) is 0.711. The van der Waals surface area contributed by atoms with Gasteiger partial charge in [0, 0.05) is 18.7 Å². The van der Waals surface area contributed by atoms with Gasteiger partial charge in [0.05, 0.1) is 6.10 Å². The van der Waals surface area contributed by atoms with Crippen molar-refractivity contribution in [3.05, 3.63) is 65.7 Å². The molecule has 0 radical (unpaired) electrons. The number of carbonyl (C=O) groups excluding carboxylic acids is 1. The molecule has 1 aliphatic heterocycles. The molecule has 1 atom stereocenters. The van der Waals surface area contributed by atoms with Crippen molar-refractivity contribution in [2.45, 2.75) is 25.6 Å². The summed E-state index contributed by atoms with van der Waals surface area (Å²) in [6, 6.07) is 17.2. The van der Waals surface area contributed by atoms with Gasteiger partial charge in [0.15, 0.2) is 0 Å². The molecule has 4 heteroatoms. The number of ether oxygens (including phenoxy) is 1. The van der Waals surface area contributed by atoms with Crippen molar-refractivity contribution < 1.29 is 14.6 Å². The van der Waals surface area contributed by atoms with Gasteiger partial charge in [-0.2, -0.15) is 0 Å². The van der Waals surface area contributed by atoms with Crippen LogP contribution in [-0.4, -0.2) is 35.1 Å². The number of benzene rings is 2. The van der Waals surface area contributed by atoms with Crippen molar-refractivity contribution in [2.24, 2.45) is 0 Å². The van der Waals surface area contributed by atoms with E-state index in [9.17, 15) is 9.90 Å². The normalized spacial score (nSPS) is 17.8. The Morgan fingerprint density at radius 3 is 2.57 bits per heavy atom. The molecule has 0 saturated carbocycles. The maximum atomic E-state index is 12.4. The summed E-state index contributed by atoms with van der Waals surface area (Å²) in [6.45, 7) is 1.64. The molecule has 1 N–H and O–H groups in total. The Kier molecular flexibility index (Phi) is 4.93. The van der Waals surface area contributed by atoms with Crippen LogP contribution in [0.15, 0.2) is 54.6 Å². The molecule has 0 spiro atoms. The Morgan fingerprint density at radius 1 is 1.13 bits per heavy atom. The van der Waals surface area contributed by atoms with E-state index in [-0.39, 0.29) is 5.91 Å². The van der Waals surface area contributed by atoms with Crippen molar-refractivity contribution in [3.8, 4) is 5.75 Å². The molecular weight excluding hydrogens is 290 g/mol. The minimum absolute atomic E-state index is 0.0293. The van der Waals surface area contributed by atoms with Gasteiger partial charge in [-0.25, -0.2) is 0 Å². The first-order valence-electron chi connectivity index (χ1n) is 7.96. The van der Waals surface area contributed by atoms with Gasteiger partial charge in [-0.1, -0.05) is 30.3 Å². The van der Waals surface area contributed by atoms with E-state index >= 15 is 0 Å². The summed E-state index contributed by atoms with van der Waals surface area (Å²) in [4.78, 5) is 14.1. The summed E-state index contributed by atoms with van der Waals surface area (Å²) in [6.07, 6.45) is 1.22. The summed E-state index contributed by atoms with van der Waals surface area (Å²) >= 11 is 0. The maximum Gasteiger partial charge on any atom is 0.253 e. The fourth-order valence-corrected chi connectivity index (χ4v) is 2.76. The summed E-state index contributed by atoms with van der Waals surface area (Å²) in [5.41, 5.74) is 1.74. The minimum atomic E-state index is -0.402. The number of amides is 1. The third-order valence-corrected chi connectivity index (χ3v) is 4.03. The van der Waals surface area contributed by atoms with Crippen LogP contribution < -0.4 is 4.74 Å². The highest BCUT2D eigenvalue weighted by Crippen LogP contribution is 2.18. The molecule has 1 unspecified atom stereocenters. The molecule has 2 aromatic rings. The van der Waals surface area contributed by atoms with E-state index in [0.29, 0.717) is 25.3 Å². The molecule has 1 heterocycles. The number of aliphatic hydroxyl groups excluding tert-OH is 1. The van der Waals surface area contributed by atoms with Crippen LogP contribution in [0.1, 0.15) is 28.8 Å². The first kappa shape index (κ1) is 15.6. The minimum Gasteiger partial charge on any atom is -0.489 e. The van der Waals surface area contributed by atoms with Crippen LogP contribution in [0.5, 0.6) is 5.75 Å². The second-order valence-corrected chi connectivity index (χ2v) is 5.85. The van der Waals surface area contributed by atoms with Crippen molar-refractivity contribution in [2.75, 3.05) is 13.1 Å². The van der Waals surface area contributed by atoms with Crippen molar-refractivity contribution >= 4 is 5.91 Å². The molecule has 3 rings (SSSR count). The highest BCUT2D eigenvalue weighted by molar-refractivity contribution is 5.94. The predicted molar refractivity (Wildman–Crippen MR) is 88.4 cm³/mol. The van der Waals surface area contributed by atoms with E-state index in [2.05, 4.69) is 0 Å². The molecule has 0 bridgehead atoms. The van der Waals surface area contributed by atoms with Gasteiger partial charge in [-0.05, 0) is 42.7 Å². The number of β-amino-alcohol motifs (C(OH)–C–C–N with tert-alkyl or cyclic N) is 1. The highest BCUT2D eigenvalue weighted by atomic mass is 16.5. The van der Waals surface area contributed by atoms with E-state index < -0.39 is 6.10 Å². The molecule has 23 heavy (non-hydrogen) atoms. The van der Waals surface area contributed by atoms with Gasteiger partial charge >= 0.3 is 0 Å². The molecule has 2 aromatic carbocycles. The van der Waals surface area contributed by atoms with Gasteiger partial charge in [0.2, 0.25) is 0 Å². The van der Waals surface area contributed by atoms with E-state index in [1.165, 1.54) is 0 Å². The van der Waals surface area contributed by atoms with Crippen LogP contribution in [0, 0.1) is 0 Å². The van der Waals surface area contributed by atoms with Crippen LogP contribution in [0.2, 0.25) is 0 Å². The lowest BCUT2D eigenvalue weighted by molar-refractivity contribution is 0.0473. The zero-order valence-corrected chi connectivity index (χ0v) is 13.0. The third-order valence-electron chi connectivity index (χ3n) is 4.03. The SMILES string of the molecule is O=C(c1ccc(OCc2ccccc2)cc1)N1CCCC(O)C1. The quantitative estimate of drug-likeness (QED) is 0.944. The van der Waals surface area contributed by atoms with Gasteiger partial charge in [-0.3, -0.25) is 4.79 Å². The van der Waals surface area contributed by atoms with E-state index in [4.69, 9.17) is 4.74 Å². The highest BCUT2D eigenvalue weighted by Gasteiger charge is 2.22. The lowest BCUT2D eigenvalue weighted by atomic mass is 10.1. The summed E-state index contributed by atoms with van der Waals surface area (Å²) in [5, 5.41) is 9.68. The maximum absolute atomic E-state index is 12.4. The first-order valence-corrected chi connectivity index (χ1v) is 7.96. The smallest absolute Gasteiger partial charge is 0.253 e. The van der Waals surface area contributed by atoms with Crippen LogP contribution >= 0.6 is 0 Å². The number of aliphatic hydroxyl groups is 1. The lowest BCUT2D eigenvalue weighted by Crippen LogP contribution is -2.42. The molecule has 1 aliphatic rings. The topological polar surface area (TPSA) is 49.8 Å². The zero-order valence-electron chi connectivity index (χ0n) is 13.0. The van der Waals surface area contributed by atoms with Crippen molar-refractivity contribution in [1.29, 1.82) is 0 Å². The Morgan fingerprint density at radius 2 is 1.87 bits per heavy atom. The van der Waals surface area contributed by atoms with Gasteiger partial charge in [-0.15, -0.1) is 0 Å². The molecule has 1 saturated heterocycles. The fourth-order valence-electron chi connectivity index (χ4n) is 2.76. The predicted octanol–water partition coefficient (Wildman–Crippen LogP) is 2.86. The van der Waals surface area contributed by atoms with Crippen LogP contribution in [0.3, 0.4) is 0 Å². The Hall–Kier alpha value is -2.33. The van der Waals surface area contributed by atoms with E-state index in [1.807, 2.05) is 42.5 Å². The molecule has 0 aromatic heterocycles. The lowest BCUT2D eigenvalue weighted by Gasteiger charge is -2.30. The van der Waals surface area contributed by atoms with Gasteiger partial charge in [0.25, 0.3) is 5.91 Å². The monoisotopic (exact) mass is 311 g/mol. The fraction of sp³-hybridized carbons (Fsp3) is 0.316. The number of hydrogen-bond acceptors (Lipinski definition) is 3. The summed E-state index contributed by atoms with van der Waals surface area (Å²) in [7, 11) is 0. The van der Waals surface area contributed by atoms with E-state index in [0.717, 1.165) is 24.2 Å². The molecular formula is C19H21NO3. The molecule has 1 amide bonds. The second-order valence-electron chi connectivity index (χ2n) is 5.85. The summed E-state index contributed by atoms with van der Waals surface area (Å²) < 4.78 is 5.72. The Bertz CT molecular complexity index is 639. The average Bonchev–Trinajstić information content (AvgIpc) is 2.61. The van der Waals surface area contributed by atoms with Crippen LogP contribution in [0.25, 0.3) is 0 Å². The van der Waals surface area contributed by atoms with Crippen molar-refractivity contribution in [3.63, 3.8) is 0 Å². The number of carbonyl (C=O) groups is 1. The first-order chi connectivity index (χ1) is 11.2. The molecule has 4 nitrogen and oxygen atoms in total. The number of piperidine rings is 1. The molecule has 120 valence electrons. The number of rotatable bonds is 4. The van der Waals surface area contributed by atoms with Crippen LogP contribution in [-0.2, 0) is 6.61 Å². The van der Waals surface area contributed by atoms with Gasteiger partial charge in [0.1, 0.15) is 12.4 Å². The average molecular weight is 311 g/mol. The zero-order chi connectivity index (χ0) is 16.1. The van der Waals surface area contributed by atoms with E-state index in [1.54, 1.807) is 17.0 Å². The van der Waals surface area contributed by atoms with Gasteiger partial charge < -0.3 is 14.7 Å².